The predicted molar refractivity (Wildman–Crippen MR) is 65.2 cm³/mol. The van der Waals surface area contributed by atoms with Crippen molar-refractivity contribution in [2.24, 2.45) is 0 Å². The summed E-state index contributed by atoms with van der Waals surface area (Å²) in [4.78, 5) is 4.26. The molecule has 2 rings (SSSR count). The Bertz CT molecular complexity index is 500. The summed E-state index contributed by atoms with van der Waals surface area (Å²) in [5, 5.41) is 0. The van der Waals surface area contributed by atoms with Gasteiger partial charge in [-0.25, -0.2) is 4.98 Å². The van der Waals surface area contributed by atoms with Gasteiger partial charge in [0, 0.05) is 11.6 Å². The van der Waals surface area contributed by atoms with Crippen LogP contribution in [0.1, 0.15) is 31.1 Å². The lowest BCUT2D eigenvalue weighted by Crippen LogP contribution is -1.90. The highest BCUT2D eigenvalue weighted by molar-refractivity contribution is 5.71. The van der Waals surface area contributed by atoms with Gasteiger partial charge >= 0.3 is 0 Å². The molecule has 0 amide bonds. The summed E-state index contributed by atoms with van der Waals surface area (Å²) >= 11 is 0. The Morgan fingerprint density at radius 1 is 1.31 bits per heavy atom. The first-order valence-corrected chi connectivity index (χ1v) is 5.40. The number of anilines is 1. The monoisotopic (exact) mass is 216 g/mol. The van der Waals surface area contributed by atoms with Gasteiger partial charge in [0.15, 0.2) is 0 Å². The molecule has 0 unspecified atom stereocenters. The molecule has 0 saturated carbocycles. The van der Waals surface area contributed by atoms with Gasteiger partial charge in [0.25, 0.3) is 0 Å². The third-order valence-electron chi connectivity index (χ3n) is 2.53. The van der Waals surface area contributed by atoms with Crippen molar-refractivity contribution in [2.45, 2.75) is 26.7 Å². The highest BCUT2D eigenvalue weighted by atomic mass is 16.4. The molecule has 0 aliphatic rings. The van der Waals surface area contributed by atoms with Gasteiger partial charge in [-0.2, -0.15) is 0 Å². The molecular formula is C13H16N2O. The van der Waals surface area contributed by atoms with Crippen LogP contribution < -0.4 is 5.73 Å². The van der Waals surface area contributed by atoms with E-state index in [1.165, 1.54) is 0 Å². The topological polar surface area (TPSA) is 52.0 Å². The first-order chi connectivity index (χ1) is 7.58. The molecule has 0 saturated heterocycles. The number of nitrogens with zero attached hydrogens (tertiary/aromatic N) is 1. The second-order valence-electron chi connectivity index (χ2n) is 4.31. The molecule has 1 aromatic carbocycles. The first kappa shape index (κ1) is 10.7. The normalized spacial score (nSPS) is 11.0. The maximum atomic E-state index is 5.91. The van der Waals surface area contributed by atoms with Crippen molar-refractivity contribution in [1.29, 1.82) is 0 Å². The largest absolute Gasteiger partial charge is 0.441 e. The lowest BCUT2D eigenvalue weighted by Gasteiger charge is -2.03. The highest BCUT2D eigenvalue weighted by Crippen LogP contribution is 2.28. The zero-order valence-electron chi connectivity index (χ0n) is 9.82. The number of hydrogen-bond acceptors (Lipinski definition) is 3. The van der Waals surface area contributed by atoms with E-state index in [0.717, 1.165) is 16.9 Å². The smallest absolute Gasteiger partial charge is 0.228 e. The Kier molecular flexibility index (Phi) is 2.69. The molecule has 3 nitrogen and oxygen atoms in total. The van der Waals surface area contributed by atoms with Gasteiger partial charge in [-0.3, -0.25) is 0 Å². The van der Waals surface area contributed by atoms with Crippen molar-refractivity contribution < 1.29 is 4.42 Å². The molecule has 3 heteroatoms. The second kappa shape index (κ2) is 4.00. The quantitative estimate of drug-likeness (QED) is 0.783. The fourth-order valence-electron chi connectivity index (χ4n) is 1.53. The third-order valence-corrected chi connectivity index (χ3v) is 2.53. The molecule has 16 heavy (non-hydrogen) atoms. The lowest BCUT2D eigenvalue weighted by atomic mass is 10.1. The predicted octanol–water partition coefficient (Wildman–Crippen LogP) is 3.36. The number of hydrogen-bond donors (Lipinski definition) is 1. The Labute approximate surface area is 95.3 Å². The van der Waals surface area contributed by atoms with E-state index in [-0.39, 0.29) is 0 Å². The van der Waals surface area contributed by atoms with Crippen molar-refractivity contribution in [1.82, 2.24) is 4.98 Å². The molecule has 2 N–H and O–H groups in total. The summed E-state index contributed by atoms with van der Waals surface area (Å²) in [6, 6.07) is 5.85. The average Bonchev–Trinajstić information content (AvgIpc) is 2.70. The molecule has 0 atom stereocenters. The number of aryl methyl sites for hydroxylation is 1. The van der Waals surface area contributed by atoms with Crippen molar-refractivity contribution in [3.63, 3.8) is 0 Å². The van der Waals surface area contributed by atoms with Crippen LogP contribution in [-0.2, 0) is 0 Å². The zero-order valence-corrected chi connectivity index (χ0v) is 9.82. The molecule has 84 valence electrons. The maximum Gasteiger partial charge on any atom is 0.228 e. The Balaban J connectivity index is 2.46. The number of rotatable bonds is 2. The Morgan fingerprint density at radius 3 is 2.69 bits per heavy atom. The number of nitrogen functional groups attached to an aromatic ring is 1. The molecule has 0 fully saturated rings. The van der Waals surface area contributed by atoms with Gasteiger partial charge in [-0.05, 0) is 19.1 Å². The van der Waals surface area contributed by atoms with Crippen LogP contribution in [-0.4, -0.2) is 4.98 Å². The fraction of sp³-hybridized carbons (Fsp3) is 0.308. The number of benzene rings is 1. The zero-order chi connectivity index (χ0) is 11.7. The van der Waals surface area contributed by atoms with Gasteiger partial charge in [-0.15, -0.1) is 0 Å². The van der Waals surface area contributed by atoms with Crippen molar-refractivity contribution in [3.05, 3.63) is 35.7 Å². The van der Waals surface area contributed by atoms with Crippen molar-refractivity contribution >= 4 is 5.69 Å². The minimum atomic E-state index is 0.340. The molecule has 1 aromatic heterocycles. The number of nitrogens with two attached hydrogens (primary N) is 1. The van der Waals surface area contributed by atoms with Gasteiger partial charge in [-0.1, -0.05) is 25.5 Å². The SMILES string of the molecule is Cc1ccc(N)c(-c2ncc(C(C)C)o2)c1. The second-order valence-corrected chi connectivity index (χ2v) is 4.31. The minimum Gasteiger partial charge on any atom is -0.441 e. The van der Waals surface area contributed by atoms with E-state index in [4.69, 9.17) is 10.2 Å². The fourth-order valence-corrected chi connectivity index (χ4v) is 1.53. The van der Waals surface area contributed by atoms with Crippen LogP contribution >= 0.6 is 0 Å². The van der Waals surface area contributed by atoms with Gasteiger partial charge < -0.3 is 10.2 Å². The molecule has 2 aromatic rings. The van der Waals surface area contributed by atoms with Gasteiger partial charge in [0.05, 0.1) is 11.8 Å². The molecule has 0 radical (unpaired) electrons. The van der Waals surface area contributed by atoms with Crippen LogP contribution in [0.15, 0.2) is 28.8 Å². The summed E-state index contributed by atoms with van der Waals surface area (Å²) in [5.74, 6) is 1.83. The summed E-state index contributed by atoms with van der Waals surface area (Å²) in [6.07, 6.45) is 1.77. The van der Waals surface area contributed by atoms with Crippen LogP contribution in [0, 0.1) is 6.92 Å². The standard InChI is InChI=1S/C13H16N2O/c1-8(2)12-7-15-13(16-12)10-6-9(3)4-5-11(10)14/h4-8H,14H2,1-3H3. The Hall–Kier alpha value is -1.77. The molecular weight excluding hydrogens is 200 g/mol. The van der Waals surface area contributed by atoms with Crippen LogP contribution in [0.3, 0.4) is 0 Å². The van der Waals surface area contributed by atoms with Gasteiger partial charge in [0.1, 0.15) is 5.76 Å². The molecule has 0 spiro atoms. The summed E-state index contributed by atoms with van der Waals surface area (Å²) in [6.45, 7) is 6.17. The van der Waals surface area contributed by atoms with E-state index in [1.807, 2.05) is 25.1 Å². The third kappa shape index (κ3) is 1.94. The van der Waals surface area contributed by atoms with Crippen LogP contribution in [0.25, 0.3) is 11.5 Å². The molecule has 0 bridgehead atoms. The van der Waals surface area contributed by atoms with E-state index in [1.54, 1.807) is 6.20 Å². The molecule has 0 aliphatic carbocycles. The van der Waals surface area contributed by atoms with E-state index >= 15 is 0 Å². The van der Waals surface area contributed by atoms with E-state index in [2.05, 4.69) is 18.8 Å². The lowest BCUT2D eigenvalue weighted by molar-refractivity contribution is 0.495. The maximum absolute atomic E-state index is 5.91. The first-order valence-electron chi connectivity index (χ1n) is 5.40. The van der Waals surface area contributed by atoms with E-state index in [9.17, 15) is 0 Å². The summed E-state index contributed by atoms with van der Waals surface area (Å²) in [5.41, 5.74) is 8.62. The van der Waals surface area contributed by atoms with Crippen molar-refractivity contribution in [2.75, 3.05) is 5.73 Å². The minimum absolute atomic E-state index is 0.340. The Morgan fingerprint density at radius 2 is 2.06 bits per heavy atom. The summed E-state index contributed by atoms with van der Waals surface area (Å²) in [7, 11) is 0. The van der Waals surface area contributed by atoms with Crippen LogP contribution in [0.5, 0.6) is 0 Å². The van der Waals surface area contributed by atoms with Crippen LogP contribution in [0.2, 0.25) is 0 Å². The molecule has 1 heterocycles. The van der Waals surface area contributed by atoms with Gasteiger partial charge in [0.2, 0.25) is 5.89 Å². The van der Waals surface area contributed by atoms with E-state index < -0.39 is 0 Å². The van der Waals surface area contributed by atoms with Crippen LogP contribution in [0.4, 0.5) is 5.69 Å². The number of oxazole rings is 1. The molecule has 0 aliphatic heterocycles. The van der Waals surface area contributed by atoms with E-state index in [0.29, 0.717) is 17.5 Å². The highest BCUT2D eigenvalue weighted by Gasteiger charge is 2.11. The average molecular weight is 216 g/mol. The summed E-state index contributed by atoms with van der Waals surface area (Å²) < 4.78 is 5.68. The number of aromatic nitrogens is 1. The van der Waals surface area contributed by atoms with Crippen molar-refractivity contribution in [3.8, 4) is 11.5 Å².